The molecule has 3 aliphatic rings. The maximum Gasteiger partial charge on any atom is 0.453 e. The first-order valence-corrected chi connectivity index (χ1v) is 7.58. The number of hydrogen-bond acceptors (Lipinski definition) is 4. The summed E-state index contributed by atoms with van der Waals surface area (Å²) in [5.41, 5.74) is 0.105. The fourth-order valence-electron chi connectivity index (χ4n) is 4.73. The quantitative estimate of drug-likeness (QED) is 0.926. The molecule has 2 bridgehead atoms. The van der Waals surface area contributed by atoms with E-state index in [0.29, 0.717) is 23.7 Å². The van der Waals surface area contributed by atoms with Crippen molar-refractivity contribution >= 4 is 11.5 Å². The van der Waals surface area contributed by atoms with E-state index in [1.807, 2.05) is 0 Å². The number of alkyl halides is 3. The minimum absolute atomic E-state index is 0.105. The Morgan fingerprint density at radius 1 is 1.09 bits per heavy atom. The Bertz CT molecular complexity index is 739. The lowest BCUT2D eigenvalue weighted by Gasteiger charge is -2.11. The molecule has 0 saturated heterocycles. The Balaban J connectivity index is 1.44. The summed E-state index contributed by atoms with van der Waals surface area (Å²) in [5.74, 6) is 2.38. The summed E-state index contributed by atoms with van der Waals surface area (Å²) in [4.78, 5) is 0. The van der Waals surface area contributed by atoms with E-state index >= 15 is 0 Å². The van der Waals surface area contributed by atoms with Crippen LogP contribution in [0.4, 0.5) is 19.0 Å². The monoisotopic (exact) mass is 309 g/mol. The number of nitrogens with zero attached hydrogens (tertiary/aromatic N) is 4. The van der Waals surface area contributed by atoms with E-state index in [-0.39, 0.29) is 5.65 Å². The van der Waals surface area contributed by atoms with Gasteiger partial charge in [0.2, 0.25) is 0 Å². The second-order valence-electron chi connectivity index (χ2n) is 6.67. The Kier molecular flexibility index (Phi) is 2.25. The first-order valence-electron chi connectivity index (χ1n) is 7.58. The van der Waals surface area contributed by atoms with Gasteiger partial charge in [-0.2, -0.15) is 17.7 Å². The average molecular weight is 309 g/mol. The van der Waals surface area contributed by atoms with Crippen LogP contribution in [0, 0.1) is 23.7 Å². The van der Waals surface area contributed by atoms with Crippen LogP contribution in [0.3, 0.4) is 0 Å². The minimum Gasteiger partial charge on any atom is -0.365 e. The summed E-state index contributed by atoms with van der Waals surface area (Å²) in [5, 5.41) is 14.1. The fraction of sp³-hybridized carbons (Fsp3) is 0.643. The zero-order valence-electron chi connectivity index (χ0n) is 11.6. The first-order chi connectivity index (χ1) is 10.5. The maximum absolute atomic E-state index is 12.9. The highest BCUT2D eigenvalue weighted by atomic mass is 19.4. The molecule has 0 spiro atoms. The van der Waals surface area contributed by atoms with Crippen molar-refractivity contribution in [3.05, 3.63) is 18.0 Å². The van der Waals surface area contributed by atoms with Gasteiger partial charge in [-0.25, -0.2) is 0 Å². The second kappa shape index (κ2) is 3.91. The van der Waals surface area contributed by atoms with E-state index in [1.165, 1.54) is 25.3 Å². The van der Waals surface area contributed by atoms with Crippen molar-refractivity contribution in [1.82, 2.24) is 19.8 Å². The molecule has 4 unspecified atom stereocenters. The third kappa shape index (κ3) is 1.63. The third-order valence-electron chi connectivity index (χ3n) is 5.57. The molecule has 5 nitrogen and oxygen atoms in total. The van der Waals surface area contributed by atoms with Gasteiger partial charge in [-0.15, -0.1) is 15.3 Å². The Labute approximate surface area is 123 Å². The van der Waals surface area contributed by atoms with Crippen LogP contribution in [0.2, 0.25) is 0 Å². The lowest BCUT2D eigenvalue weighted by molar-refractivity contribution is -0.146. The highest BCUT2D eigenvalue weighted by Gasteiger charge is 2.65. The molecule has 2 heterocycles. The first kappa shape index (κ1) is 12.7. The molecule has 0 aromatic carbocycles. The van der Waals surface area contributed by atoms with E-state index in [2.05, 4.69) is 20.6 Å². The SMILES string of the molecule is FC(F)(F)c1nnc2ccc(NC3C4C5CCC(C5)C34)nn12. The van der Waals surface area contributed by atoms with Crippen molar-refractivity contribution in [2.24, 2.45) is 23.7 Å². The minimum atomic E-state index is -4.56. The molecule has 2 aromatic rings. The van der Waals surface area contributed by atoms with Crippen molar-refractivity contribution in [1.29, 1.82) is 0 Å². The summed E-state index contributed by atoms with van der Waals surface area (Å²) in [6, 6.07) is 3.58. The van der Waals surface area contributed by atoms with Gasteiger partial charge in [-0.3, -0.25) is 0 Å². The Morgan fingerprint density at radius 2 is 1.82 bits per heavy atom. The smallest absolute Gasteiger partial charge is 0.365 e. The summed E-state index contributed by atoms with van der Waals surface area (Å²) in [6.45, 7) is 0. The van der Waals surface area contributed by atoms with Gasteiger partial charge in [-0.05, 0) is 55.1 Å². The van der Waals surface area contributed by atoms with E-state index < -0.39 is 12.0 Å². The predicted molar refractivity (Wildman–Crippen MR) is 71.0 cm³/mol. The van der Waals surface area contributed by atoms with Gasteiger partial charge in [0.05, 0.1) is 0 Å². The molecular weight excluding hydrogens is 295 g/mol. The van der Waals surface area contributed by atoms with Crippen LogP contribution in [-0.4, -0.2) is 25.9 Å². The topological polar surface area (TPSA) is 55.1 Å². The van der Waals surface area contributed by atoms with Crippen molar-refractivity contribution in [2.45, 2.75) is 31.5 Å². The predicted octanol–water partition coefficient (Wildman–Crippen LogP) is 2.60. The second-order valence-corrected chi connectivity index (χ2v) is 6.67. The normalized spacial score (nSPS) is 35.9. The van der Waals surface area contributed by atoms with Crippen molar-refractivity contribution in [3.63, 3.8) is 0 Å². The van der Waals surface area contributed by atoms with Crippen molar-refractivity contribution in [3.8, 4) is 0 Å². The molecule has 116 valence electrons. The molecule has 0 amide bonds. The van der Waals surface area contributed by atoms with Gasteiger partial charge in [0.25, 0.3) is 5.82 Å². The van der Waals surface area contributed by atoms with Crippen LogP contribution in [0.15, 0.2) is 12.1 Å². The van der Waals surface area contributed by atoms with Crippen molar-refractivity contribution < 1.29 is 13.2 Å². The highest BCUT2D eigenvalue weighted by Crippen LogP contribution is 2.66. The molecule has 3 aliphatic carbocycles. The Morgan fingerprint density at radius 3 is 2.50 bits per heavy atom. The third-order valence-corrected chi connectivity index (χ3v) is 5.57. The van der Waals surface area contributed by atoms with Gasteiger partial charge in [-0.1, -0.05) is 0 Å². The van der Waals surface area contributed by atoms with Gasteiger partial charge in [0, 0.05) is 6.04 Å². The number of nitrogens with one attached hydrogen (secondary N) is 1. The van der Waals surface area contributed by atoms with Crippen LogP contribution < -0.4 is 5.32 Å². The van der Waals surface area contributed by atoms with Crippen LogP contribution in [0.5, 0.6) is 0 Å². The summed E-state index contributed by atoms with van der Waals surface area (Å²) >= 11 is 0. The molecule has 5 rings (SSSR count). The molecule has 22 heavy (non-hydrogen) atoms. The Hall–Kier alpha value is -1.86. The standard InChI is InChI=1S/C14H14F3N5/c15-14(16,17)13-20-19-9-4-3-8(21-22(9)13)18-12-10-6-1-2-7(5-6)11(10)12/h3-4,6-7,10-12H,1-2,5H2,(H,18,21). The lowest BCUT2D eigenvalue weighted by atomic mass is 10.0. The van der Waals surface area contributed by atoms with Gasteiger partial charge < -0.3 is 5.32 Å². The largest absolute Gasteiger partial charge is 0.453 e. The zero-order chi connectivity index (χ0) is 15.1. The fourth-order valence-corrected chi connectivity index (χ4v) is 4.73. The van der Waals surface area contributed by atoms with Gasteiger partial charge >= 0.3 is 6.18 Å². The molecule has 3 saturated carbocycles. The number of hydrogen-bond donors (Lipinski definition) is 1. The summed E-state index contributed by atoms with van der Waals surface area (Å²) in [6.07, 6.45) is -0.607. The van der Waals surface area contributed by atoms with Crippen LogP contribution >= 0.6 is 0 Å². The van der Waals surface area contributed by atoms with Crippen LogP contribution in [0.25, 0.3) is 5.65 Å². The van der Waals surface area contributed by atoms with E-state index in [9.17, 15) is 13.2 Å². The van der Waals surface area contributed by atoms with E-state index in [0.717, 1.165) is 16.4 Å². The lowest BCUT2D eigenvalue weighted by Crippen LogP contribution is -2.16. The average Bonchev–Trinajstić information content (AvgIpc) is 2.88. The molecule has 8 heteroatoms. The summed E-state index contributed by atoms with van der Waals surface area (Å²) in [7, 11) is 0. The van der Waals surface area contributed by atoms with Gasteiger partial charge in [0.1, 0.15) is 5.82 Å². The molecule has 4 atom stereocenters. The number of anilines is 1. The summed E-state index contributed by atoms with van der Waals surface area (Å²) < 4.78 is 39.4. The molecule has 0 aliphatic heterocycles. The number of halogens is 3. The van der Waals surface area contributed by atoms with Crippen LogP contribution in [-0.2, 0) is 6.18 Å². The molecule has 3 fully saturated rings. The number of fused-ring (bicyclic) bond motifs is 6. The van der Waals surface area contributed by atoms with E-state index in [4.69, 9.17) is 0 Å². The number of aromatic nitrogens is 4. The van der Waals surface area contributed by atoms with Crippen LogP contribution in [0.1, 0.15) is 25.1 Å². The number of rotatable bonds is 2. The zero-order valence-corrected chi connectivity index (χ0v) is 11.6. The molecule has 1 N–H and O–H groups in total. The van der Waals surface area contributed by atoms with Crippen molar-refractivity contribution in [2.75, 3.05) is 5.32 Å². The highest BCUT2D eigenvalue weighted by molar-refractivity contribution is 5.46. The molecule has 2 aromatic heterocycles. The molecule has 0 radical (unpaired) electrons. The maximum atomic E-state index is 12.9. The van der Waals surface area contributed by atoms with Gasteiger partial charge in [0.15, 0.2) is 5.65 Å². The van der Waals surface area contributed by atoms with E-state index in [1.54, 1.807) is 6.07 Å². The molecular formula is C14H14F3N5.